The first-order valence-electron chi connectivity index (χ1n) is 5.43. The summed E-state index contributed by atoms with van der Waals surface area (Å²) >= 11 is 0. The molecule has 1 amide bonds. The minimum Gasteiger partial charge on any atom is -0.480 e. The standard InChI is InChI=1S/C10H18N2O4/c11-7(6-1-2-6)5-9(14)12-8(3-4-13)10(15)16/h6-8,13H,1-5,11H2,(H,12,14)(H,15,16). The van der Waals surface area contributed by atoms with Crippen molar-refractivity contribution in [2.24, 2.45) is 11.7 Å². The van der Waals surface area contributed by atoms with E-state index in [9.17, 15) is 9.59 Å². The van der Waals surface area contributed by atoms with Crippen molar-refractivity contribution in [3.8, 4) is 0 Å². The number of hydrogen-bond donors (Lipinski definition) is 4. The molecule has 0 aromatic rings. The number of aliphatic hydroxyl groups excluding tert-OH is 1. The second-order valence-electron chi connectivity index (χ2n) is 4.18. The number of aliphatic hydroxyl groups is 1. The third-order valence-corrected chi connectivity index (χ3v) is 2.70. The van der Waals surface area contributed by atoms with Crippen LogP contribution in [-0.4, -0.2) is 40.8 Å². The predicted octanol–water partition coefficient (Wildman–Crippen LogP) is -0.934. The van der Waals surface area contributed by atoms with Gasteiger partial charge in [-0.15, -0.1) is 0 Å². The van der Waals surface area contributed by atoms with E-state index in [0.717, 1.165) is 12.8 Å². The molecular formula is C10H18N2O4. The Morgan fingerprint density at radius 1 is 1.44 bits per heavy atom. The smallest absolute Gasteiger partial charge is 0.326 e. The van der Waals surface area contributed by atoms with E-state index < -0.39 is 12.0 Å². The van der Waals surface area contributed by atoms with Crippen molar-refractivity contribution in [1.29, 1.82) is 0 Å². The van der Waals surface area contributed by atoms with Crippen LogP contribution in [0.4, 0.5) is 0 Å². The Balaban J connectivity index is 2.32. The molecule has 0 bridgehead atoms. The van der Waals surface area contributed by atoms with E-state index in [4.69, 9.17) is 15.9 Å². The first-order valence-corrected chi connectivity index (χ1v) is 5.43. The Morgan fingerprint density at radius 2 is 2.06 bits per heavy atom. The summed E-state index contributed by atoms with van der Waals surface area (Å²) in [7, 11) is 0. The molecule has 1 rings (SSSR count). The van der Waals surface area contributed by atoms with Crippen molar-refractivity contribution < 1.29 is 19.8 Å². The van der Waals surface area contributed by atoms with Gasteiger partial charge in [0.1, 0.15) is 6.04 Å². The van der Waals surface area contributed by atoms with Crippen LogP contribution in [0.2, 0.25) is 0 Å². The summed E-state index contributed by atoms with van der Waals surface area (Å²) in [6.45, 7) is -0.272. The van der Waals surface area contributed by atoms with Crippen LogP contribution in [0.1, 0.15) is 25.7 Å². The van der Waals surface area contributed by atoms with E-state index in [2.05, 4.69) is 5.32 Å². The van der Waals surface area contributed by atoms with E-state index in [0.29, 0.717) is 5.92 Å². The number of rotatable bonds is 7. The number of amides is 1. The fourth-order valence-electron chi connectivity index (χ4n) is 1.54. The Labute approximate surface area is 93.8 Å². The zero-order valence-corrected chi connectivity index (χ0v) is 9.06. The number of hydrogen-bond acceptors (Lipinski definition) is 4. The predicted molar refractivity (Wildman–Crippen MR) is 56.6 cm³/mol. The lowest BCUT2D eigenvalue weighted by molar-refractivity contribution is -0.142. The van der Waals surface area contributed by atoms with Crippen molar-refractivity contribution in [2.75, 3.05) is 6.61 Å². The molecular weight excluding hydrogens is 212 g/mol. The van der Waals surface area contributed by atoms with Crippen molar-refractivity contribution in [2.45, 2.75) is 37.8 Å². The molecule has 2 unspecified atom stereocenters. The molecule has 1 saturated carbocycles. The Kier molecular flexibility index (Phi) is 4.70. The number of carbonyl (C=O) groups excluding carboxylic acids is 1. The molecule has 5 N–H and O–H groups in total. The average molecular weight is 230 g/mol. The lowest BCUT2D eigenvalue weighted by Crippen LogP contribution is -2.43. The SMILES string of the molecule is NC(CC(=O)NC(CCO)C(=O)O)C1CC1. The highest BCUT2D eigenvalue weighted by molar-refractivity contribution is 5.83. The van der Waals surface area contributed by atoms with Gasteiger partial charge < -0.3 is 21.3 Å². The van der Waals surface area contributed by atoms with Gasteiger partial charge in [-0.3, -0.25) is 4.79 Å². The van der Waals surface area contributed by atoms with Gasteiger partial charge >= 0.3 is 5.97 Å². The third kappa shape index (κ3) is 4.16. The molecule has 1 aliphatic rings. The number of carboxylic acid groups (broad SMARTS) is 1. The number of nitrogens with two attached hydrogens (primary N) is 1. The quantitative estimate of drug-likeness (QED) is 0.451. The van der Waals surface area contributed by atoms with Gasteiger partial charge in [0.2, 0.25) is 5.91 Å². The fraction of sp³-hybridized carbons (Fsp3) is 0.800. The third-order valence-electron chi connectivity index (χ3n) is 2.70. The summed E-state index contributed by atoms with van der Waals surface area (Å²) in [5.41, 5.74) is 5.75. The van der Waals surface area contributed by atoms with Crippen molar-refractivity contribution in [3.05, 3.63) is 0 Å². The number of carboxylic acids is 1. The van der Waals surface area contributed by atoms with Crippen LogP contribution in [0.25, 0.3) is 0 Å². The molecule has 0 heterocycles. The van der Waals surface area contributed by atoms with Crippen LogP contribution in [0.15, 0.2) is 0 Å². The highest BCUT2D eigenvalue weighted by Gasteiger charge is 2.30. The second kappa shape index (κ2) is 5.81. The highest BCUT2D eigenvalue weighted by Crippen LogP contribution is 2.32. The lowest BCUT2D eigenvalue weighted by Gasteiger charge is -2.15. The highest BCUT2D eigenvalue weighted by atomic mass is 16.4. The molecule has 6 heteroatoms. The van der Waals surface area contributed by atoms with Crippen LogP contribution < -0.4 is 11.1 Å². The first-order chi connectivity index (χ1) is 7.54. The summed E-state index contributed by atoms with van der Waals surface area (Å²) in [5, 5.41) is 19.7. The van der Waals surface area contributed by atoms with Gasteiger partial charge in [-0.25, -0.2) is 4.79 Å². The molecule has 92 valence electrons. The summed E-state index contributed by atoms with van der Waals surface area (Å²) in [6, 6.07) is -1.20. The zero-order chi connectivity index (χ0) is 12.1. The number of aliphatic carboxylic acids is 1. The molecule has 16 heavy (non-hydrogen) atoms. The van der Waals surface area contributed by atoms with Gasteiger partial charge in [0, 0.05) is 25.5 Å². The van der Waals surface area contributed by atoms with Crippen molar-refractivity contribution >= 4 is 11.9 Å². The summed E-state index contributed by atoms with van der Waals surface area (Å²) < 4.78 is 0. The zero-order valence-electron chi connectivity index (χ0n) is 9.06. The van der Waals surface area contributed by atoms with E-state index in [1.165, 1.54) is 0 Å². The minimum atomic E-state index is -1.14. The van der Waals surface area contributed by atoms with E-state index in [-0.39, 0.29) is 31.4 Å². The van der Waals surface area contributed by atoms with Gasteiger partial charge in [0.15, 0.2) is 0 Å². The molecule has 0 aliphatic heterocycles. The maximum absolute atomic E-state index is 11.4. The first kappa shape index (κ1) is 12.9. The average Bonchev–Trinajstić information content (AvgIpc) is 2.99. The topological polar surface area (TPSA) is 113 Å². The van der Waals surface area contributed by atoms with Crippen LogP contribution in [-0.2, 0) is 9.59 Å². The van der Waals surface area contributed by atoms with Crippen LogP contribution in [0.5, 0.6) is 0 Å². The van der Waals surface area contributed by atoms with E-state index >= 15 is 0 Å². The van der Waals surface area contributed by atoms with Gasteiger partial charge in [-0.2, -0.15) is 0 Å². The van der Waals surface area contributed by atoms with Crippen molar-refractivity contribution in [3.63, 3.8) is 0 Å². The molecule has 1 fully saturated rings. The van der Waals surface area contributed by atoms with Crippen LogP contribution >= 0.6 is 0 Å². The second-order valence-corrected chi connectivity index (χ2v) is 4.18. The maximum Gasteiger partial charge on any atom is 0.326 e. The van der Waals surface area contributed by atoms with Gasteiger partial charge in [0.25, 0.3) is 0 Å². The van der Waals surface area contributed by atoms with Crippen LogP contribution in [0.3, 0.4) is 0 Å². The molecule has 2 atom stereocenters. The lowest BCUT2D eigenvalue weighted by atomic mass is 10.1. The fourth-order valence-corrected chi connectivity index (χ4v) is 1.54. The normalized spacial score (nSPS) is 18.9. The molecule has 6 nitrogen and oxygen atoms in total. The summed E-state index contributed by atoms with van der Waals surface area (Å²) in [5.74, 6) is -1.09. The Hall–Kier alpha value is -1.14. The van der Waals surface area contributed by atoms with E-state index in [1.54, 1.807) is 0 Å². The monoisotopic (exact) mass is 230 g/mol. The van der Waals surface area contributed by atoms with Gasteiger partial charge in [-0.1, -0.05) is 0 Å². The summed E-state index contributed by atoms with van der Waals surface area (Å²) in [6.07, 6.45) is 2.26. The van der Waals surface area contributed by atoms with Gasteiger partial charge in [-0.05, 0) is 18.8 Å². The van der Waals surface area contributed by atoms with Gasteiger partial charge in [0.05, 0.1) is 0 Å². The number of carbonyl (C=O) groups is 2. The molecule has 0 aromatic heterocycles. The molecule has 0 spiro atoms. The van der Waals surface area contributed by atoms with E-state index in [1.807, 2.05) is 0 Å². The molecule has 1 aliphatic carbocycles. The Bertz CT molecular complexity index is 266. The Morgan fingerprint density at radius 3 is 2.50 bits per heavy atom. The molecule has 0 saturated heterocycles. The largest absolute Gasteiger partial charge is 0.480 e. The molecule has 0 aromatic carbocycles. The minimum absolute atomic E-state index is 0.0136. The maximum atomic E-state index is 11.4. The van der Waals surface area contributed by atoms with Crippen molar-refractivity contribution in [1.82, 2.24) is 5.32 Å². The number of nitrogens with one attached hydrogen (secondary N) is 1. The molecule has 0 radical (unpaired) electrons. The van der Waals surface area contributed by atoms with Crippen LogP contribution in [0, 0.1) is 5.92 Å². The summed E-state index contributed by atoms with van der Waals surface area (Å²) in [4.78, 5) is 22.1.